The van der Waals surface area contributed by atoms with Crippen LogP contribution in [0.5, 0.6) is 0 Å². The topological polar surface area (TPSA) is 18.5 Å². The first kappa shape index (κ1) is 8.60. The van der Waals surface area contributed by atoms with E-state index in [0.717, 1.165) is 12.8 Å². The van der Waals surface area contributed by atoms with Crippen LogP contribution in [0.15, 0.2) is 0 Å². The Morgan fingerprint density at radius 3 is 2.40 bits per heavy atom. The molecular weight excluding hydrogens is 175 g/mol. The van der Waals surface area contributed by atoms with Crippen molar-refractivity contribution in [2.24, 2.45) is 0 Å². The highest BCUT2D eigenvalue weighted by atomic mass is 35.5. The van der Waals surface area contributed by atoms with E-state index in [-0.39, 0.29) is 11.1 Å². The molecule has 2 nitrogen and oxygen atoms in total. The van der Waals surface area contributed by atoms with Gasteiger partial charge in [0.2, 0.25) is 0 Å². The van der Waals surface area contributed by atoms with Crippen LogP contribution in [0.2, 0.25) is 0 Å². The van der Waals surface area contributed by atoms with E-state index in [1.165, 1.54) is 0 Å². The Morgan fingerprint density at radius 1 is 1.30 bits per heavy atom. The fraction of sp³-hybridized carbons (Fsp3) is 1.00. The molecule has 1 fully saturated rings. The van der Waals surface area contributed by atoms with Gasteiger partial charge in [-0.3, -0.25) is 0 Å². The molecule has 60 valence electrons. The van der Waals surface area contributed by atoms with Crippen LogP contribution in [-0.2, 0) is 9.47 Å². The normalized spacial score (nSPS) is 20.7. The molecule has 0 unspecified atom stereocenters. The first-order valence-electron chi connectivity index (χ1n) is 3.30. The number of alkyl halides is 2. The lowest BCUT2D eigenvalue weighted by atomic mass is 10.3. The van der Waals surface area contributed by atoms with E-state index in [0.29, 0.717) is 13.2 Å². The van der Waals surface area contributed by atoms with Gasteiger partial charge in [0.05, 0.1) is 13.2 Å². The van der Waals surface area contributed by atoms with E-state index in [1.54, 1.807) is 0 Å². The maximum absolute atomic E-state index is 5.51. The van der Waals surface area contributed by atoms with Crippen molar-refractivity contribution in [2.45, 2.75) is 24.0 Å². The lowest BCUT2D eigenvalue weighted by Gasteiger charge is -2.07. The third-order valence-electron chi connectivity index (χ3n) is 1.31. The zero-order valence-corrected chi connectivity index (χ0v) is 7.07. The minimum Gasteiger partial charge on any atom is -0.350 e. The zero-order chi connectivity index (χ0) is 7.40. The van der Waals surface area contributed by atoms with Crippen molar-refractivity contribution >= 4 is 23.2 Å². The van der Waals surface area contributed by atoms with Crippen LogP contribution in [0, 0.1) is 0 Å². The molecule has 0 bridgehead atoms. The SMILES string of the molecule is ClC(Cl)CCC1OCCO1. The van der Waals surface area contributed by atoms with Gasteiger partial charge in [-0.25, -0.2) is 0 Å². The third kappa shape index (κ3) is 3.06. The Morgan fingerprint density at radius 2 is 1.90 bits per heavy atom. The summed E-state index contributed by atoms with van der Waals surface area (Å²) in [6, 6.07) is 0. The fourth-order valence-corrected chi connectivity index (χ4v) is 1.09. The third-order valence-corrected chi connectivity index (χ3v) is 1.75. The van der Waals surface area contributed by atoms with Gasteiger partial charge in [0, 0.05) is 6.42 Å². The van der Waals surface area contributed by atoms with Gasteiger partial charge in [0.25, 0.3) is 0 Å². The maximum Gasteiger partial charge on any atom is 0.157 e. The average molecular weight is 185 g/mol. The molecule has 0 aromatic rings. The minimum absolute atomic E-state index is 0.0694. The van der Waals surface area contributed by atoms with E-state index in [2.05, 4.69) is 0 Å². The largest absolute Gasteiger partial charge is 0.350 e. The number of hydrogen-bond acceptors (Lipinski definition) is 2. The molecule has 0 amide bonds. The van der Waals surface area contributed by atoms with E-state index >= 15 is 0 Å². The second kappa shape index (κ2) is 4.39. The van der Waals surface area contributed by atoms with Gasteiger partial charge in [0.15, 0.2) is 6.29 Å². The molecule has 0 saturated carbocycles. The van der Waals surface area contributed by atoms with Gasteiger partial charge in [0.1, 0.15) is 4.84 Å². The Kier molecular flexibility index (Phi) is 3.78. The number of hydrogen-bond donors (Lipinski definition) is 0. The fourth-order valence-electron chi connectivity index (χ4n) is 0.836. The molecule has 0 N–H and O–H groups in total. The van der Waals surface area contributed by atoms with Gasteiger partial charge in [-0.2, -0.15) is 0 Å². The van der Waals surface area contributed by atoms with Gasteiger partial charge < -0.3 is 9.47 Å². The summed E-state index contributed by atoms with van der Waals surface area (Å²) in [5.74, 6) is 0. The van der Waals surface area contributed by atoms with E-state index < -0.39 is 0 Å². The molecule has 4 heteroatoms. The molecule has 0 aromatic carbocycles. The van der Waals surface area contributed by atoms with Crippen molar-refractivity contribution in [3.8, 4) is 0 Å². The predicted molar refractivity (Wildman–Crippen MR) is 40.4 cm³/mol. The molecule has 0 aromatic heterocycles. The second-order valence-corrected chi connectivity index (χ2v) is 3.42. The summed E-state index contributed by atoms with van der Waals surface area (Å²) >= 11 is 11.0. The van der Waals surface area contributed by atoms with Crippen molar-refractivity contribution in [3.05, 3.63) is 0 Å². The Balaban J connectivity index is 2.01. The van der Waals surface area contributed by atoms with Crippen molar-refractivity contribution in [1.82, 2.24) is 0 Å². The maximum atomic E-state index is 5.51. The molecule has 10 heavy (non-hydrogen) atoms. The van der Waals surface area contributed by atoms with Crippen LogP contribution < -0.4 is 0 Å². The summed E-state index contributed by atoms with van der Waals surface area (Å²) in [6.07, 6.45) is 1.45. The van der Waals surface area contributed by atoms with Crippen LogP contribution in [0.3, 0.4) is 0 Å². The Bertz CT molecular complexity index is 91.7. The highest BCUT2D eigenvalue weighted by molar-refractivity contribution is 6.44. The summed E-state index contributed by atoms with van der Waals surface area (Å²) in [7, 11) is 0. The standard InChI is InChI=1S/C6H10Cl2O2/c7-5(8)1-2-6-9-3-4-10-6/h5-6H,1-4H2. The summed E-state index contributed by atoms with van der Waals surface area (Å²) in [5.41, 5.74) is 0. The van der Waals surface area contributed by atoms with Gasteiger partial charge in [-0.1, -0.05) is 0 Å². The summed E-state index contributed by atoms with van der Waals surface area (Å²) in [4.78, 5) is -0.298. The molecule has 1 saturated heterocycles. The van der Waals surface area contributed by atoms with Crippen molar-refractivity contribution < 1.29 is 9.47 Å². The quantitative estimate of drug-likeness (QED) is 0.625. The molecule has 0 atom stereocenters. The smallest absolute Gasteiger partial charge is 0.157 e. The van der Waals surface area contributed by atoms with Crippen molar-refractivity contribution in [3.63, 3.8) is 0 Å². The number of rotatable bonds is 3. The van der Waals surface area contributed by atoms with Crippen molar-refractivity contribution in [2.75, 3.05) is 13.2 Å². The van der Waals surface area contributed by atoms with Crippen LogP contribution in [-0.4, -0.2) is 24.3 Å². The van der Waals surface area contributed by atoms with Crippen molar-refractivity contribution in [1.29, 1.82) is 0 Å². The molecule has 1 aliphatic rings. The second-order valence-electron chi connectivity index (χ2n) is 2.14. The highest BCUT2D eigenvalue weighted by Gasteiger charge is 2.16. The first-order valence-corrected chi connectivity index (χ1v) is 4.17. The molecule has 1 heterocycles. The van der Waals surface area contributed by atoms with Crippen LogP contribution >= 0.6 is 23.2 Å². The Hall–Kier alpha value is 0.500. The van der Waals surface area contributed by atoms with Gasteiger partial charge in [-0.15, -0.1) is 23.2 Å². The van der Waals surface area contributed by atoms with Crippen LogP contribution in [0.4, 0.5) is 0 Å². The molecule has 0 aliphatic carbocycles. The first-order chi connectivity index (χ1) is 4.79. The van der Waals surface area contributed by atoms with E-state index in [1.807, 2.05) is 0 Å². The lowest BCUT2D eigenvalue weighted by Crippen LogP contribution is -2.08. The van der Waals surface area contributed by atoms with Crippen LogP contribution in [0.1, 0.15) is 12.8 Å². The molecule has 0 radical (unpaired) electrons. The summed E-state index contributed by atoms with van der Waals surface area (Å²) < 4.78 is 10.3. The highest BCUT2D eigenvalue weighted by Crippen LogP contribution is 2.16. The predicted octanol–water partition coefficient (Wildman–Crippen LogP) is 1.94. The molecule has 0 spiro atoms. The summed E-state index contributed by atoms with van der Waals surface area (Å²) in [5, 5.41) is 0. The summed E-state index contributed by atoms with van der Waals surface area (Å²) in [6.45, 7) is 1.39. The lowest BCUT2D eigenvalue weighted by molar-refractivity contribution is -0.0470. The minimum atomic E-state index is -0.298. The molecule has 1 rings (SSSR count). The monoisotopic (exact) mass is 184 g/mol. The van der Waals surface area contributed by atoms with Crippen LogP contribution in [0.25, 0.3) is 0 Å². The molecule has 1 aliphatic heterocycles. The average Bonchev–Trinajstić information content (AvgIpc) is 2.34. The number of ether oxygens (including phenoxy) is 2. The zero-order valence-electron chi connectivity index (χ0n) is 5.56. The van der Waals surface area contributed by atoms with E-state index in [9.17, 15) is 0 Å². The Labute approximate surface area is 70.4 Å². The van der Waals surface area contributed by atoms with E-state index in [4.69, 9.17) is 32.7 Å². The molecular formula is C6H10Cl2O2. The van der Waals surface area contributed by atoms with Gasteiger partial charge in [-0.05, 0) is 6.42 Å². The van der Waals surface area contributed by atoms with Gasteiger partial charge >= 0.3 is 0 Å². The number of halogens is 2.